The van der Waals surface area contributed by atoms with Crippen molar-refractivity contribution in [2.45, 2.75) is 61.8 Å². The topological polar surface area (TPSA) is 60.5 Å². The molecule has 0 aliphatic carbocycles. The molecule has 2 N–H and O–H groups in total. The van der Waals surface area contributed by atoms with Gasteiger partial charge in [-0.3, -0.25) is 14.7 Å². The molecule has 0 saturated heterocycles. The van der Waals surface area contributed by atoms with Gasteiger partial charge in [0.05, 0.1) is 5.82 Å². The van der Waals surface area contributed by atoms with E-state index in [1.165, 1.54) is 44.5 Å². The third-order valence-electron chi connectivity index (χ3n) is 7.39. The second-order valence-corrected chi connectivity index (χ2v) is 10.6. The van der Waals surface area contributed by atoms with Crippen LogP contribution in [0.15, 0.2) is 54.0 Å². The first-order valence-corrected chi connectivity index (χ1v) is 15.4. The summed E-state index contributed by atoms with van der Waals surface area (Å²) in [5, 5.41) is 6.59. The number of carbonyl (C=O) groups excluding carboxylic acids is 1. The second kappa shape index (κ2) is 16.7. The molecule has 0 fully saturated rings. The smallest absolute Gasteiger partial charge is 0.253 e. The van der Waals surface area contributed by atoms with Crippen molar-refractivity contribution in [3.05, 3.63) is 93.1 Å². The molecule has 0 radical (unpaired) electrons. The summed E-state index contributed by atoms with van der Waals surface area (Å²) < 4.78 is 0. The van der Waals surface area contributed by atoms with Gasteiger partial charge in [0.1, 0.15) is 0 Å². The molecule has 0 saturated carbocycles. The molecule has 2 aliphatic heterocycles. The quantitative estimate of drug-likeness (QED) is 0.375. The molecule has 2 aromatic rings. The highest BCUT2D eigenvalue weighted by atomic mass is 16.2. The van der Waals surface area contributed by atoms with Gasteiger partial charge in [-0.25, -0.2) is 0 Å². The summed E-state index contributed by atoms with van der Waals surface area (Å²) in [7, 11) is 5.53. The van der Waals surface area contributed by atoms with Gasteiger partial charge in [-0.1, -0.05) is 51.5 Å². The van der Waals surface area contributed by atoms with Crippen molar-refractivity contribution >= 4 is 23.1 Å². The number of nitrogens with one attached hydrogen (secondary N) is 2. The van der Waals surface area contributed by atoms with E-state index in [9.17, 15) is 4.79 Å². The Morgan fingerprint density at radius 1 is 1.07 bits per heavy atom. The Kier molecular flexibility index (Phi) is 13.8. The summed E-state index contributed by atoms with van der Waals surface area (Å²) in [6, 6.07) is 6.19. The molecule has 1 aromatic heterocycles. The minimum absolute atomic E-state index is 0.0519. The zero-order valence-electron chi connectivity index (χ0n) is 27.9. The standard InChI is InChI=1S/C32H41N5O.2C2H6/c1-21(16-29-24(4)34-13-10-28(29)26-8-9-30(33-5)35-19-26)20-37-14-11-25(12-15-37)31-22(2)17-27(18-23(31)3)32(38)36(6)7;2*1-2/h8-11,13,16-18,33,35H,12,14-15,19-20H2,1-7H3;2*1-2H3/b21-16+;;. The first-order valence-electron chi connectivity index (χ1n) is 15.4. The van der Waals surface area contributed by atoms with E-state index in [0.29, 0.717) is 0 Å². The summed E-state index contributed by atoms with van der Waals surface area (Å²) >= 11 is 0. The maximum atomic E-state index is 12.5. The van der Waals surface area contributed by atoms with E-state index in [2.05, 4.69) is 78.6 Å². The molecule has 6 nitrogen and oxygen atoms in total. The number of pyridine rings is 1. The highest BCUT2D eigenvalue weighted by molar-refractivity contribution is 5.95. The van der Waals surface area contributed by atoms with Crippen LogP contribution in [0.3, 0.4) is 0 Å². The van der Waals surface area contributed by atoms with Crippen LogP contribution in [0.2, 0.25) is 0 Å². The van der Waals surface area contributed by atoms with Gasteiger partial charge in [-0.2, -0.15) is 0 Å². The molecule has 228 valence electrons. The summed E-state index contributed by atoms with van der Waals surface area (Å²) in [4.78, 5) is 21.2. The predicted molar refractivity (Wildman–Crippen MR) is 181 cm³/mol. The zero-order valence-corrected chi connectivity index (χ0v) is 27.9. The summed E-state index contributed by atoms with van der Waals surface area (Å²) in [6.45, 7) is 20.2. The van der Waals surface area contributed by atoms with Crippen molar-refractivity contribution in [2.24, 2.45) is 0 Å². The van der Waals surface area contributed by atoms with Gasteiger partial charge in [0.25, 0.3) is 5.91 Å². The first-order chi connectivity index (χ1) is 20.2. The largest absolute Gasteiger partial charge is 0.375 e. The van der Waals surface area contributed by atoms with Crippen LogP contribution >= 0.6 is 0 Å². The Bertz CT molecular complexity index is 1320. The van der Waals surface area contributed by atoms with Crippen molar-refractivity contribution in [1.82, 2.24) is 25.4 Å². The van der Waals surface area contributed by atoms with Crippen LogP contribution in [0.1, 0.15) is 84.9 Å². The number of hydrogen-bond donors (Lipinski definition) is 2. The number of benzene rings is 1. The highest BCUT2D eigenvalue weighted by Gasteiger charge is 2.19. The summed E-state index contributed by atoms with van der Waals surface area (Å²) in [5.41, 5.74) is 11.9. The van der Waals surface area contributed by atoms with E-state index >= 15 is 0 Å². The van der Waals surface area contributed by atoms with Crippen LogP contribution in [-0.4, -0.2) is 68.0 Å². The number of dihydropyridines is 1. The lowest BCUT2D eigenvalue weighted by Gasteiger charge is -2.28. The maximum Gasteiger partial charge on any atom is 0.253 e. The minimum atomic E-state index is 0.0519. The Balaban J connectivity index is 0.00000148. The lowest BCUT2D eigenvalue weighted by molar-refractivity contribution is 0.0827. The maximum absolute atomic E-state index is 12.5. The number of carbonyl (C=O) groups is 1. The number of hydrogen-bond acceptors (Lipinski definition) is 5. The van der Waals surface area contributed by atoms with Gasteiger partial charge >= 0.3 is 0 Å². The molecule has 0 bridgehead atoms. The van der Waals surface area contributed by atoms with Gasteiger partial charge in [0.15, 0.2) is 0 Å². The van der Waals surface area contributed by atoms with Crippen LogP contribution in [0.5, 0.6) is 0 Å². The molecular weight excluding hydrogens is 518 g/mol. The van der Waals surface area contributed by atoms with E-state index < -0.39 is 0 Å². The SMILES string of the molecule is CC.CC.CNC1=CC=C(c2ccnc(C)c2/C=C(\C)CN2CC=C(c3c(C)cc(C(=O)N(C)C)cc3C)CC2)CN1. The molecular formula is C36H53N5O. The third kappa shape index (κ3) is 8.68. The molecule has 1 aromatic carbocycles. The minimum Gasteiger partial charge on any atom is -0.375 e. The van der Waals surface area contributed by atoms with E-state index in [-0.39, 0.29) is 5.91 Å². The van der Waals surface area contributed by atoms with Crippen molar-refractivity contribution < 1.29 is 4.79 Å². The average molecular weight is 572 g/mol. The van der Waals surface area contributed by atoms with Gasteiger partial charge in [0.2, 0.25) is 0 Å². The Morgan fingerprint density at radius 3 is 2.26 bits per heavy atom. The van der Waals surface area contributed by atoms with Gasteiger partial charge < -0.3 is 15.5 Å². The fourth-order valence-electron chi connectivity index (χ4n) is 5.47. The Labute approximate surface area is 255 Å². The molecule has 2 aliphatic rings. The fraction of sp³-hybridized carbons (Fsp3) is 0.444. The Hall–Kier alpha value is -3.64. The normalized spacial score (nSPS) is 15.0. The van der Waals surface area contributed by atoms with E-state index in [1.54, 1.807) is 19.0 Å². The molecule has 1 amide bonds. The lowest BCUT2D eigenvalue weighted by atomic mass is 9.90. The van der Waals surface area contributed by atoms with Crippen molar-refractivity contribution in [3.63, 3.8) is 0 Å². The number of amides is 1. The molecule has 0 unspecified atom stereocenters. The third-order valence-corrected chi connectivity index (χ3v) is 7.39. The van der Waals surface area contributed by atoms with Crippen molar-refractivity contribution in [2.75, 3.05) is 47.3 Å². The average Bonchev–Trinajstić information content (AvgIpc) is 3.00. The number of aromatic nitrogens is 1. The van der Waals surface area contributed by atoms with Gasteiger partial charge in [-0.05, 0) is 91.8 Å². The van der Waals surface area contributed by atoms with Crippen LogP contribution in [0, 0.1) is 20.8 Å². The molecule has 0 spiro atoms. The first kappa shape index (κ1) is 34.6. The van der Waals surface area contributed by atoms with Gasteiger partial charge in [-0.15, -0.1) is 0 Å². The Morgan fingerprint density at radius 2 is 1.74 bits per heavy atom. The molecule has 42 heavy (non-hydrogen) atoms. The van der Waals surface area contributed by atoms with E-state index in [0.717, 1.165) is 49.7 Å². The highest BCUT2D eigenvalue weighted by Crippen LogP contribution is 2.30. The van der Waals surface area contributed by atoms with Crippen LogP contribution < -0.4 is 10.6 Å². The van der Waals surface area contributed by atoms with E-state index in [1.807, 2.05) is 53.1 Å². The van der Waals surface area contributed by atoms with Crippen molar-refractivity contribution in [1.29, 1.82) is 0 Å². The molecule has 0 atom stereocenters. The number of rotatable bonds is 7. The number of nitrogens with zero attached hydrogens (tertiary/aromatic N) is 3. The predicted octanol–water partition coefficient (Wildman–Crippen LogP) is 7.00. The summed E-state index contributed by atoms with van der Waals surface area (Å²) in [5.74, 6) is 1.09. The zero-order chi connectivity index (χ0) is 31.4. The summed E-state index contributed by atoms with van der Waals surface area (Å²) in [6.07, 6.45) is 11.9. The molecule has 6 heteroatoms. The van der Waals surface area contributed by atoms with Crippen LogP contribution in [0.4, 0.5) is 0 Å². The van der Waals surface area contributed by atoms with Crippen LogP contribution in [0.25, 0.3) is 17.2 Å². The van der Waals surface area contributed by atoms with Gasteiger partial charge in [0, 0.05) is 70.3 Å². The monoisotopic (exact) mass is 571 g/mol. The second-order valence-electron chi connectivity index (χ2n) is 10.6. The lowest BCUT2D eigenvalue weighted by Crippen LogP contribution is -2.30. The van der Waals surface area contributed by atoms with Crippen LogP contribution in [-0.2, 0) is 0 Å². The molecule has 3 heterocycles. The fourth-order valence-corrected chi connectivity index (χ4v) is 5.47. The molecule has 4 rings (SSSR count). The van der Waals surface area contributed by atoms with E-state index in [4.69, 9.17) is 0 Å². The number of aryl methyl sites for hydroxylation is 3. The van der Waals surface area contributed by atoms with Crippen molar-refractivity contribution in [3.8, 4) is 0 Å². The number of allylic oxidation sites excluding steroid dienone is 2.